The van der Waals surface area contributed by atoms with Crippen LogP contribution in [0.25, 0.3) is 0 Å². The van der Waals surface area contributed by atoms with Gasteiger partial charge in [0.25, 0.3) is 0 Å². The Kier molecular flexibility index (Phi) is 4.89. The molecule has 0 aromatic heterocycles. The molecule has 1 aromatic rings. The van der Waals surface area contributed by atoms with E-state index in [4.69, 9.17) is 0 Å². The van der Waals surface area contributed by atoms with E-state index in [0.29, 0.717) is 0 Å². The molecule has 0 saturated heterocycles. The first-order chi connectivity index (χ1) is 4.70. The summed E-state index contributed by atoms with van der Waals surface area (Å²) in [5.41, 5.74) is 1.26. The summed E-state index contributed by atoms with van der Waals surface area (Å²) in [5.74, 6) is 0. The van der Waals surface area contributed by atoms with Crippen LogP contribution in [0.2, 0.25) is 0 Å². The van der Waals surface area contributed by atoms with Gasteiger partial charge in [0.05, 0.1) is 0 Å². The van der Waals surface area contributed by atoms with Gasteiger partial charge in [-0.15, -0.1) is 0 Å². The normalized spacial score (nSPS) is 8.73. The molecule has 0 aliphatic carbocycles. The second-order valence-electron chi connectivity index (χ2n) is 2.56. The van der Waals surface area contributed by atoms with Crippen molar-refractivity contribution in [1.82, 2.24) is 0 Å². The quantitative estimate of drug-likeness (QED) is 0.433. The third-order valence-electron chi connectivity index (χ3n) is 1.45. The summed E-state index contributed by atoms with van der Waals surface area (Å²) in [7, 11) is 4.10. The zero-order chi connectivity index (χ0) is 7.56. The van der Waals surface area contributed by atoms with Gasteiger partial charge >= 0.3 is 74.3 Å². The number of nitrogens with zero attached hydrogens (tertiary/aromatic N) is 1. The molecule has 11 heavy (non-hydrogen) atoms. The number of halogens is 1. The summed E-state index contributed by atoms with van der Waals surface area (Å²) >= 11 is 1.91. The van der Waals surface area contributed by atoms with Crippen molar-refractivity contribution in [1.29, 1.82) is 0 Å². The van der Waals surface area contributed by atoms with Crippen LogP contribution in [0.5, 0.6) is 0 Å². The van der Waals surface area contributed by atoms with Gasteiger partial charge in [0.15, 0.2) is 0 Å². The Labute approximate surface area is 86.6 Å². The summed E-state index contributed by atoms with van der Waals surface area (Å²) in [6, 6.07) is 8.52. The van der Waals surface area contributed by atoms with Gasteiger partial charge in [-0.05, 0) is 0 Å². The first kappa shape index (κ1) is 11.1. The summed E-state index contributed by atoms with van der Waals surface area (Å²) in [5, 5.41) is 0. The van der Waals surface area contributed by atoms with Crippen molar-refractivity contribution in [3.63, 3.8) is 0 Å². The first-order valence-electron chi connectivity index (χ1n) is 3.29. The summed E-state index contributed by atoms with van der Waals surface area (Å²) in [6.45, 7) is 0. The third kappa shape index (κ3) is 3.32. The molecule has 0 fully saturated rings. The van der Waals surface area contributed by atoms with Gasteiger partial charge in [-0.1, -0.05) is 0 Å². The van der Waals surface area contributed by atoms with Crippen molar-refractivity contribution >= 4 is 31.1 Å². The Morgan fingerprint density at radius 2 is 1.55 bits per heavy atom. The van der Waals surface area contributed by atoms with Gasteiger partial charge in [0.1, 0.15) is 0 Å². The van der Waals surface area contributed by atoms with E-state index >= 15 is 0 Å². The van der Waals surface area contributed by atoms with E-state index in [1.165, 1.54) is 9.38 Å². The van der Waals surface area contributed by atoms with Crippen LogP contribution >= 0.6 is 0 Å². The number of benzene rings is 1. The monoisotopic (exact) mass is 179 g/mol. The first-order valence-corrected chi connectivity index (χ1v) is 4.00. The van der Waals surface area contributed by atoms with Crippen LogP contribution in [0.1, 0.15) is 0 Å². The zero-order valence-electron chi connectivity index (χ0n) is 6.84. The van der Waals surface area contributed by atoms with Gasteiger partial charge in [-0.3, -0.25) is 0 Å². The summed E-state index contributed by atoms with van der Waals surface area (Å²) in [6.07, 6.45) is 0. The number of anilines is 1. The Balaban J connectivity index is 0.000001000. The molecule has 0 saturated carbocycles. The van der Waals surface area contributed by atoms with E-state index in [2.05, 4.69) is 29.2 Å². The largest absolute Gasteiger partial charge is 1.00 e. The van der Waals surface area contributed by atoms with Gasteiger partial charge in [0.2, 0.25) is 0 Å². The summed E-state index contributed by atoms with van der Waals surface area (Å²) in [4.78, 5) is 2.10. The minimum atomic E-state index is 0. The molecule has 0 aliphatic heterocycles. The Hall–Kier alpha value is 0.0762. The maximum atomic E-state index is 2.13. The van der Waals surface area contributed by atoms with Crippen molar-refractivity contribution in [2.45, 2.75) is 0 Å². The van der Waals surface area contributed by atoms with E-state index in [9.17, 15) is 0 Å². The van der Waals surface area contributed by atoms with Crippen LogP contribution in [-0.2, 0) is 0 Å². The average molecular weight is 180 g/mol. The molecule has 0 heterocycles. The fraction of sp³-hybridized carbons (Fsp3) is 0.250. The molecular weight excluding hydrogens is 170 g/mol. The molecule has 0 bridgehead atoms. The molecule has 1 rings (SSSR count). The molecule has 0 aliphatic rings. The Morgan fingerprint density at radius 1 is 1.09 bits per heavy atom. The third-order valence-corrected chi connectivity index (χ3v) is 1.92. The van der Waals surface area contributed by atoms with Crippen LogP contribution in [0.3, 0.4) is 0 Å². The number of rotatable bonds is 1. The second-order valence-corrected chi connectivity index (χ2v) is 3.38. The number of hydrogen-bond donors (Lipinski definition) is 0. The standard InChI is InChI=1S/C8H10N.ClH.Mg/c1-9(2)8-6-4-3-5-7-8;;/h4-7H,1-2H3;1H;/q;;+1/p-1. The van der Waals surface area contributed by atoms with Crippen molar-refractivity contribution in [2.24, 2.45) is 0 Å². The minimum Gasteiger partial charge on any atom is -1.00 e. The van der Waals surface area contributed by atoms with Crippen LogP contribution in [0, 0.1) is 0 Å². The molecule has 3 heteroatoms. The zero-order valence-corrected chi connectivity index (χ0v) is 9.01. The molecule has 0 spiro atoms. The fourth-order valence-electron chi connectivity index (χ4n) is 0.794. The smallest absolute Gasteiger partial charge is 1.00 e. The van der Waals surface area contributed by atoms with Crippen LogP contribution < -0.4 is 21.0 Å². The van der Waals surface area contributed by atoms with Crippen LogP contribution in [-0.4, -0.2) is 35.8 Å². The Morgan fingerprint density at radius 3 is 1.91 bits per heavy atom. The van der Waals surface area contributed by atoms with E-state index in [1.807, 2.05) is 35.8 Å². The molecule has 0 amide bonds. The van der Waals surface area contributed by atoms with Crippen molar-refractivity contribution in [3.8, 4) is 0 Å². The van der Waals surface area contributed by atoms with Gasteiger partial charge in [-0.25, -0.2) is 0 Å². The summed E-state index contributed by atoms with van der Waals surface area (Å²) < 4.78 is 1.34. The maximum absolute atomic E-state index is 2.13. The number of hydrogen-bond acceptors (Lipinski definition) is 1. The predicted molar refractivity (Wildman–Crippen MR) is 46.2 cm³/mol. The van der Waals surface area contributed by atoms with Crippen LogP contribution in [0.4, 0.5) is 5.69 Å². The average Bonchev–Trinajstić information content (AvgIpc) is 1.88. The molecule has 1 nitrogen and oxygen atoms in total. The van der Waals surface area contributed by atoms with Crippen molar-refractivity contribution in [3.05, 3.63) is 24.3 Å². The molecular formula is C8H10ClMgN. The molecule has 0 N–H and O–H groups in total. The van der Waals surface area contributed by atoms with Gasteiger partial charge < -0.3 is 12.4 Å². The SMILES string of the molecule is CN(C)c1cc[c]([Mg+])cc1.[Cl-]. The molecule has 0 radical (unpaired) electrons. The van der Waals surface area contributed by atoms with Gasteiger partial charge in [0, 0.05) is 0 Å². The van der Waals surface area contributed by atoms with Gasteiger partial charge in [-0.2, -0.15) is 0 Å². The van der Waals surface area contributed by atoms with Crippen molar-refractivity contribution in [2.75, 3.05) is 19.0 Å². The van der Waals surface area contributed by atoms with Crippen molar-refractivity contribution < 1.29 is 12.4 Å². The van der Waals surface area contributed by atoms with E-state index in [0.717, 1.165) is 0 Å². The predicted octanol–water partition coefficient (Wildman–Crippen LogP) is -2.45. The second kappa shape index (κ2) is 4.85. The minimum absolute atomic E-state index is 0. The Bertz CT molecular complexity index is 208. The maximum Gasteiger partial charge on any atom is -1.00 e. The topological polar surface area (TPSA) is 3.24 Å². The fourth-order valence-corrected chi connectivity index (χ4v) is 1.03. The molecule has 0 atom stereocenters. The molecule has 56 valence electrons. The molecule has 0 unspecified atom stereocenters. The van der Waals surface area contributed by atoms with E-state index in [1.54, 1.807) is 0 Å². The molecule has 1 aromatic carbocycles. The van der Waals surface area contributed by atoms with Crippen LogP contribution in [0.15, 0.2) is 24.3 Å². The van der Waals surface area contributed by atoms with E-state index < -0.39 is 0 Å². The van der Waals surface area contributed by atoms with E-state index in [-0.39, 0.29) is 12.4 Å².